The number of hydrogen-bond donors (Lipinski definition) is 2. The van der Waals surface area contributed by atoms with E-state index in [-0.39, 0.29) is 12.5 Å². The number of benzene rings is 1. The van der Waals surface area contributed by atoms with E-state index in [1.54, 1.807) is 7.11 Å². The Bertz CT molecular complexity index is 578. The van der Waals surface area contributed by atoms with Crippen LogP contribution in [0.25, 0.3) is 11.0 Å². The van der Waals surface area contributed by atoms with Crippen LogP contribution in [0.3, 0.4) is 0 Å². The molecule has 2 rings (SSSR count). The number of para-hydroxylation sites is 1. The number of hydrogen-bond acceptors (Lipinski definition) is 4. The molecule has 0 spiro atoms. The fourth-order valence-electron chi connectivity index (χ4n) is 1.96. The molecule has 2 N–H and O–H groups in total. The molecule has 1 heterocycles. The minimum atomic E-state index is 0.000502. The van der Waals surface area contributed by atoms with Crippen molar-refractivity contribution in [3.63, 3.8) is 0 Å². The highest BCUT2D eigenvalue weighted by molar-refractivity contribution is 5.83. The molecule has 0 saturated heterocycles. The first kappa shape index (κ1) is 14.4. The van der Waals surface area contributed by atoms with Crippen molar-refractivity contribution in [2.75, 3.05) is 20.2 Å². The maximum absolute atomic E-state index is 11.4. The Morgan fingerprint density at radius 2 is 2.25 bits per heavy atom. The molecular formula is C15H20N2O3. The minimum Gasteiger partial charge on any atom is -0.493 e. The predicted molar refractivity (Wildman–Crippen MR) is 77.8 cm³/mol. The van der Waals surface area contributed by atoms with E-state index < -0.39 is 0 Å². The molecule has 5 nitrogen and oxygen atoms in total. The second-order valence-corrected chi connectivity index (χ2v) is 4.54. The number of carbonyl (C=O) groups is 1. The number of methoxy groups -OCH3 is 1. The molecule has 5 heteroatoms. The average Bonchev–Trinajstić information content (AvgIpc) is 2.87. The van der Waals surface area contributed by atoms with Crippen molar-refractivity contribution in [1.82, 2.24) is 10.6 Å². The first-order valence-corrected chi connectivity index (χ1v) is 6.77. The van der Waals surface area contributed by atoms with Gasteiger partial charge in [0.1, 0.15) is 5.76 Å². The summed E-state index contributed by atoms with van der Waals surface area (Å²) >= 11 is 0. The zero-order chi connectivity index (χ0) is 14.4. The summed E-state index contributed by atoms with van der Waals surface area (Å²) in [6.07, 6.45) is 0.940. The quantitative estimate of drug-likeness (QED) is 0.812. The minimum absolute atomic E-state index is 0.000502. The molecule has 0 aliphatic heterocycles. The number of amides is 1. The normalized spacial score (nSPS) is 10.7. The molecule has 0 saturated carbocycles. The summed E-state index contributed by atoms with van der Waals surface area (Å²) in [5.74, 6) is 1.50. The molecule has 0 bridgehead atoms. The van der Waals surface area contributed by atoms with Crippen LogP contribution in [-0.2, 0) is 11.3 Å². The van der Waals surface area contributed by atoms with Gasteiger partial charge in [-0.3, -0.25) is 4.79 Å². The van der Waals surface area contributed by atoms with Crippen molar-refractivity contribution >= 4 is 16.9 Å². The van der Waals surface area contributed by atoms with Gasteiger partial charge in [0.05, 0.1) is 20.2 Å². The highest BCUT2D eigenvalue weighted by Gasteiger charge is 2.08. The number of rotatable bonds is 7. The Hall–Kier alpha value is -2.01. The molecule has 0 radical (unpaired) electrons. The monoisotopic (exact) mass is 276 g/mol. The molecular weight excluding hydrogens is 256 g/mol. The molecule has 0 atom stereocenters. The van der Waals surface area contributed by atoms with E-state index in [2.05, 4.69) is 10.6 Å². The van der Waals surface area contributed by atoms with Crippen molar-refractivity contribution in [1.29, 1.82) is 0 Å². The summed E-state index contributed by atoms with van der Waals surface area (Å²) in [4.78, 5) is 11.4. The molecule has 1 aromatic carbocycles. The van der Waals surface area contributed by atoms with Crippen LogP contribution in [0.2, 0.25) is 0 Å². The topological polar surface area (TPSA) is 63.5 Å². The fourth-order valence-corrected chi connectivity index (χ4v) is 1.96. The lowest BCUT2D eigenvalue weighted by molar-refractivity contribution is -0.120. The third kappa shape index (κ3) is 3.51. The second-order valence-electron chi connectivity index (χ2n) is 4.54. The molecule has 1 amide bonds. The Labute approximate surface area is 118 Å². The van der Waals surface area contributed by atoms with Gasteiger partial charge < -0.3 is 19.8 Å². The van der Waals surface area contributed by atoms with Gasteiger partial charge in [0.15, 0.2) is 11.3 Å². The molecule has 20 heavy (non-hydrogen) atoms. The van der Waals surface area contributed by atoms with Crippen LogP contribution in [0.5, 0.6) is 5.75 Å². The van der Waals surface area contributed by atoms with E-state index in [1.165, 1.54) is 0 Å². The standard InChI is InChI=1S/C15H20N2O3/c1-3-7-17-14(18)10-16-9-12-8-11-5-4-6-13(19-2)15(11)20-12/h4-6,8,16H,3,7,9-10H2,1-2H3,(H,17,18). The van der Waals surface area contributed by atoms with E-state index in [4.69, 9.17) is 9.15 Å². The molecule has 2 aromatic rings. The summed E-state index contributed by atoms with van der Waals surface area (Å²) in [6.45, 7) is 3.53. The number of nitrogens with one attached hydrogen (secondary N) is 2. The Balaban J connectivity index is 1.92. The highest BCUT2D eigenvalue weighted by Crippen LogP contribution is 2.28. The van der Waals surface area contributed by atoms with Crippen LogP contribution >= 0.6 is 0 Å². The van der Waals surface area contributed by atoms with Gasteiger partial charge in [-0.05, 0) is 18.6 Å². The zero-order valence-corrected chi connectivity index (χ0v) is 11.9. The molecule has 1 aromatic heterocycles. The van der Waals surface area contributed by atoms with Crippen molar-refractivity contribution < 1.29 is 13.9 Å². The molecule has 108 valence electrons. The number of fused-ring (bicyclic) bond motifs is 1. The fraction of sp³-hybridized carbons (Fsp3) is 0.400. The maximum Gasteiger partial charge on any atom is 0.233 e. The van der Waals surface area contributed by atoms with Crippen molar-refractivity contribution in [2.45, 2.75) is 19.9 Å². The van der Waals surface area contributed by atoms with Gasteiger partial charge >= 0.3 is 0 Å². The lowest BCUT2D eigenvalue weighted by Gasteiger charge is -2.04. The second kappa shape index (κ2) is 6.96. The number of ether oxygens (including phenoxy) is 1. The Kier molecular flexibility index (Phi) is 5.01. The predicted octanol–water partition coefficient (Wildman–Crippen LogP) is 2.06. The van der Waals surface area contributed by atoms with Gasteiger partial charge in [0.2, 0.25) is 5.91 Å². The third-order valence-electron chi connectivity index (χ3n) is 2.94. The average molecular weight is 276 g/mol. The van der Waals surface area contributed by atoms with Gasteiger partial charge in [0.25, 0.3) is 0 Å². The van der Waals surface area contributed by atoms with Crippen LogP contribution in [0.1, 0.15) is 19.1 Å². The van der Waals surface area contributed by atoms with E-state index >= 15 is 0 Å². The maximum atomic E-state index is 11.4. The summed E-state index contributed by atoms with van der Waals surface area (Å²) < 4.78 is 11.0. The smallest absolute Gasteiger partial charge is 0.233 e. The molecule has 0 aliphatic carbocycles. The largest absolute Gasteiger partial charge is 0.493 e. The van der Waals surface area contributed by atoms with Crippen molar-refractivity contribution in [3.8, 4) is 5.75 Å². The number of furan rings is 1. The summed E-state index contributed by atoms with van der Waals surface area (Å²) in [6, 6.07) is 7.71. The molecule has 0 aliphatic rings. The van der Waals surface area contributed by atoms with E-state index in [9.17, 15) is 4.79 Å². The van der Waals surface area contributed by atoms with Gasteiger partial charge in [0, 0.05) is 11.9 Å². The Morgan fingerprint density at radius 3 is 3.00 bits per heavy atom. The lowest BCUT2D eigenvalue weighted by Crippen LogP contribution is -2.33. The van der Waals surface area contributed by atoms with E-state index in [0.29, 0.717) is 13.1 Å². The summed E-state index contributed by atoms with van der Waals surface area (Å²) in [7, 11) is 1.62. The first-order chi connectivity index (χ1) is 9.74. The van der Waals surface area contributed by atoms with Crippen LogP contribution < -0.4 is 15.4 Å². The molecule has 0 fully saturated rings. The summed E-state index contributed by atoms with van der Waals surface area (Å²) in [5.41, 5.74) is 0.738. The highest BCUT2D eigenvalue weighted by atomic mass is 16.5. The van der Waals surface area contributed by atoms with Gasteiger partial charge in [-0.25, -0.2) is 0 Å². The van der Waals surface area contributed by atoms with Crippen LogP contribution in [0, 0.1) is 0 Å². The number of carbonyl (C=O) groups excluding carboxylic acids is 1. The van der Waals surface area contributed by atoms with Gasteiger partial charge in [-0.15, -0.1) is 0 Å². The van der Waals surface area contributed by atoms with Gasteiger partial charge in [-0.2, -0.15) is 0 Å². The molecule has 0 unspecified atom stereocenters. The SMILES string of the molecule is CCCNC(=O)CNCc1cc2cccc(OC)c2o1. The van der Waals surface area contributed by atoms with Gasteiger partial charge in [-0.1, -0.05) is 19.1 Å². The summed E-state index contributed by atoms with van der Waals surface area (Å²) in [5, 5.41) is 6.87. The zero-order valence-electron chi connectivity index (χ0n) is 11.9. The third-order valence-corrected chi connectivity index (χ3v) is 2.94. The van der Waals surface area contributed by atoms with Crippen LogP contribution in [0.15, 0.2) is 28.7 Å². The van der Waals surface area contributed by atoms with Crippen molar-refractivity contribution in [3.05, 3.63) is 30.0 Å². The van der Waals surface area contributed by atoms with Crippen molar-refractivity contribution in [2.24, 2.45) is 0 Å². The first-order valence-electron chi connectivity index (χ1n) is 6.77. The van der Waals surface area contributed by atoms with E-state index in [1.807, 2.05) is 31.2 Å². The van der Waals surface area contributed by atoms with E-state index in [0.717, 1.165) is 28.9 Å². The lowest BCUT2D eigenvalue weighted by atomic mass is 10.2. The van der Waals surface area contributed by atoms with Crippen LogP contribution in [0.4, 0.5) is 0 Å². The van der Waals surface area contributed by atoms with Crippen LogP contribution in [-0.4, -0.2) is 26.1 Å². The Morgan fingerprint density at radius 1 is 1.40 bits per heavy atom.